The molecule has 0 radical (unpaired) electrons. The van der Waals surface area contributed by atoms with Crippen LogP contribution in [-0.4, -0.2) is 11.9 Å². The van der Waals surface area contributed by atoms with E-state index in [1.165, 1.54) is 11.3 Å². The summed E-state index contributed by atoms with van der Waals surface area (Å²) >= 11 is 0. The Morgan fingerprint density at radius 3 is 2.17 bits per heavy atom. The lowest BCUT2D eigenvalue weighted by Gasteiger charge is -2.22. The van der Waals surface area contributed by atoms with Crippen molar-refractivity contribution in [3.05, 3.63) is 36.2 Å². The molecule has 0 amide bonds. The first-order valence-corrected chi connectivity index (χ1v) is 4.26. The van der Waals surface area contributed by atoms with Crippen LogP contribution in [0.15, 0.2) is 36.2 Å². The Hall–Kier alpha value is -0.980. The highest BCUT2D eigenvalue weighted by molar-refractivity contribution is 5.24. The number of nitrogens with zero attached hydrogens (tertiary/aromatic N) is 1. The monoisotopic (exact) mass is 165 g/mol. The SMILES string of the molecule is C=C/C(=C(/C)CC)N(C)C(=C)C. The molecule has 1 heteroatoms. The third-order valence-electron chi connectivity index (χ3n) is 2.09. The van der Waals surface area contributed by atoms with Gasteiger partial charge in [-0.1, -0.05) is 20.1 Å². The van der Waals surface area contributed by atoms with Crippen LogP contribution in [0.3, 0.4) is 0 Å². The molecule has 0 aromatic rings. The molecular formula is C11H19N. The molecular weight excluding hydrogens is 146 g/mol. The maximum Gasteiger partial charge on any atom is 0.0388 e. The van der Waals surface area contributed by atoms with Gasteiger partial charge in [0.25, 0.3) is 0 Å². The van der Waals surface area contributed by atoms with Crippen LogP contribution >= 0.6 is 0 Å². The fourth-order valence-electron chi connectivity index (χ4n) is 0.984. The molecule has 0 bridgehead atoms. The summed E-state index contributed by atoms with van der Waals surface area (Å²) in [7, 11) is 2.01. The van der Waals surface area contributed by atoms with E-state index in [2.05, 4.69) is 31.9 Å². The summed E-state index contributed by atoms with van der Waals surface area (Å²) in [6.07, 6.45) is 2.94. The van der Waals surface area contributed by atoms with Crippen LogP contribution in [0.2, 0.25) is 0 Å². The smallest absolute Gasteiger partial charge is 0.0388 e. The van der Waals surface area contributed by atoms with E-state index in [1.807, 2.05) is 20.0 Å². The van der Waals surface area contributed by atoms with E-state index in [-0.39, 0.29) is 0 Å². The van der Waals surface area contributed by atoms with Crippen molar-refractivity contribution >= 4 is 0 Å². The summed E-state index contributed by atoms with van der Waals surface area (Å²) in [5.41, 5.74) is 3.55. The number of hydrogen-bond acceptors (Lipinski definition) is 1. The van der Waals surface area contributed by atoms with Crippen LogP contribution in [0.5, 0.6) is 0 Å². The molecule has 68 valence electrons. The molecule has 0 spiro atoms. The minimum atomic E-state index is 1.04. The Labute approximate surface area is 76.1 Å². The lowest BCUT2D eigenvalue weighted by atomic mass is 10.1. The molecule has 0 aliphatic heterocycles. The fraction of sp³-hybridized carbons (Fsp3) is 0.455. The lowest BCUT2D eigenvalue weighted by Crippen LogP contribution is -2.14. The molecule has 0 aliphatic rings. The Morgan fingerprint density at radius 1 is 1.42 bits per heavy atom. The van der Waals surface area contributed by atoms with Gasteiger partial charge in [-0.3, -0.25) is 0 Å². The van der Waals surface area contributed by atoms with Crippen molar-refractivity contribution in [3.63, 3.8) is 0 Å². The summed E-state index contributed by atoms with van der Waals surface area (Å²) in [6, 6.07) is 0. The van der Waals surface area contributed by atoms with E-state index in [1.54, 1.807) is 0 Å². The molecule has 0 saturated heterocycles. The zero-order valence-corrected chi connectivity index (χ0v) is 8.65. The Morgan fingerprint density at radius 2 is 1.92 bits per heavy atom. The van der Waals surface area contributed by atoms with Crippen LogP contribution in [0.25, 0.3) is 0 Å². The van der Waals surface area contributed by atoms with Gasteiger partial charge in [-0.15, -0.1) is 0 Å². The first-order chi connectivity index (χ1) is 5.54. The summed E-state index contributed by atoms with van der Waals surface area (Å²) < 4.78 is 0. The average Bonchev–Trinajstić information content (AvgIpc) is 2.05. The standard InChI is InChI=1S/C11H19N/c1-7-10(5)11(8-2)12(6)9(3)4/h8H,2-3,7H2,1,4-6H3/b11-10+. The van der Waals surface area contributed by atoms with Crippen LogP contribution in [0.4, 0.5) is 0 Å². The molecule has 0 heterocycles. The number of allylic oxidation sites excluding steroid dienone is 3. The largest absolute Gasteiger partial charge is 0.349 e. The van der Waals surface area contributed by atoms with Gasteiger partial charge >= 0.3 is 0 Å². The van der Waals surface area contributed by atoms with Crippen LogP contribution in [0, 0.1) is 0 Å². The molecule has 0 aromatic carbocycles. The van der Waals surface area contributed by atoms with E-state index in [0.29, 0.717) is 0 Å². The zero-order chi connectivity index (χ0) is 9.72. The van der Waals surface area contributed by atoms with Gasteiger partial charge in [0.05, 0.1) is 0 Å². The van der Waals surface area contributed by atoms with Crippen molar-refractivity contribution in [2.75, 3.05) is 7.05 Å². The molecule has 0 aromatic heterocycles. The van der Waals surface area contributed by atoms with Gasteiger partial charge in [0.15, 0.2) is 0 Å². The predicted molar refractivity (Wildman–Crippen MR) is 55.8 cm³/mol. The summed E-state index contributed by atoms with van der Waals surface area (Å²) in [5, 5.41) is 0. The molecule has 12 heavy (non-hydrogen) atoms. The van der Waals surface area contributed by atoms with Crippen molar-refractivity contribution in [2.45, 2.75) is 27.2 Å². The quantitative estimate of drug-likeness (QED) is 0.578. The Balaban J connectivity index is 4.78. The second-order valence-electron chi connectivity index (χ2n) is 3.02. The normalized spacial score (nSPS) is 12.0. The lowest BCUT2D eigenvalue weighted by molar-refractivity contribution is 0.531. The minimum Gasteiger partial charge on any atom is -0.349 e. The molecule has 0 unspecified atom stereocenters. The highest BCUT2D eigenvalue weighted by Crippen LogP contribution is 2.15. The Kier molecular flexibility index (Phi) is 4.42. The molecule has 1 nitrogen and oxygen atoms in total. The average molecular weight is 165 g/mol. The van der Waals surface area contributed by atoms with E-state index >= 15 is 0 Å². The van der Waals surface area contributed by atoms with Crippen molar-refractivity contribution in [2.24, 2.45) is 0 Å². The minimum absolute atomic E-state index is 1.04. The molecule has 0 aliphatic carbocycles. The maximum absolute atomic E-state index is 3.88. The summed E-state index contributed by atoms with van der Waals surface area (Å²) in [5.74, 6) is 0. The number of hydrogen-bond donors (Lipinski definition) is 0. The second-order valence-corrected chi connectivity index (χ2v) is 3.02. The molecule has 0 fully saturated rings. The number of likely N-dealkylation sites (N-methyl/N-ethyl adjacent to an activating group) is 1. The first-order valence-electron chi connectivity index (χ1n) is 4.26. The topological polar surface area (TPSA) is 3.24 Å². The number of rotatable bonds is 4. The third-order valence-corrected chi connectivity index (χ3v) is 2.09. The highest BCUT2D eigenvalue weighted by atomic mass is 15.1. The molecule has 0 N–H and O–H groups in total. The summed E-state index contributed by atoms with van der Waals surface area (Å²) in [4.78, 5) is 2.06. The summed E-state index contributed by atoms with van der Waals surface area (Å²) in [6.45, 7) is 13.9. The van der Waals surface area contributed by atoms with Gasteiger partial charge in [0.1, 0.15) is 0 Å². The van der Waals surface area contributed by atoms with Crippen LogP contribution in [-0.2, 0) is 0 Å². The van der Waals surface area contributed by atoms with Gasteiger partial charge in [-0.2, -0.15) is 0 Å². The van der Waals surface area contributed by atoms with Crippen LogP contribution < -0.4 is 0 Å². The van der Waals surface area contributed by atoms with Crippen molar-refractivity contribution in [1.29, 1.82) is 0 Å². The van der Waals surface area contributed by atoms with Gasteiger partial charge in [0, 0.05) is 18.4 Å². The highest BCUT2D eigenvalue weighted by Gasteiger charge is 2.03. The van der Waals surface area contributed by atoms with Gasteiger partial charge < -0.3 is 4.90 Å². The van der Waals surface area contributed by atoms with E-state index in [0.717, 1.165) is 12.1 Å². The van der Waals surface area contributed by atoms with Gasteiger partial charge in [0.2, 0.25) is 0 Å². The predicted octanol–water partition coefficient (Wildman–Crippen LogP) is 3.32. The first kappa shape index (κ1) is 11.0. The molecule has 0 rings (SSSR count). The van der Waals surface area contributed by atoms with Crippen molar-refractivity contribution in [3.8, 4) is 0 Å². The zero-order valence-electron chi connectivity index (χ0n) is 8.65. The van der Waals surface area contributed by atoms with E-state index < -0.39 is 0 Å². The van der Waals surface area contributed by atoms with Crippen molar-refractivity contribution < 1.29 is 0 Å². The van der Waals surface area contributed by atoms with E-state index in [4.69, 9.17) is 0 Å². The molecule has 0 saturated carbocycles. The fourth-order valence-corrected chi connectivity index (χ4v) is 0.984. The maximum atomic E-state index is 3.88. The van der Waals surface area contributed by atoms with Crippen LogP contribution in [0.1, 0.15) is 27.2 Å². The Bertz CT molecular complexity index is 211. The molecule has 0 atom stereocenters. The second kappa shape index (κ2) is 4.81. The van der Waals surface area contributed by atoms with E-state index in [9.17, 15) is 0 Å². The van der Waals surface area contributed by atoms with Gasteiger partial charge in [-0.05, 0) is 31.9 Å². The van der Waals surface area contributed by atoms with Gasteiger partial charge in [-0.25, -0.2) is 0 Å². The van der Waals surface area contributed by atoms with Crippen molar-refractivity contribution in [1.82, 2.24) is 4.90 Å². The third kappa shape index (κ3) is 2.57.